The van der Waals surface area contributed by atoms with Crippen molar-refractivity contribution >= 4 is 34.8 Å². The second-order valence-electron chi connectivity index (χ2n) is 9.94. The molecule has 1 aromatic carbocycles. The molecule has 0 bridgehead atoms. The van der Waals surface area contributed by atoms with Crippen LogP contribution in [0.4, 0.5) is 0 Å². The lowest BCUT2D eigenvalue weighted by atomic mass is 9.95. The predicted octanol–water partition coefficient (Wildman–Crippen LogP) is 5.66. The standard InChI is InChI=1S/C29H34ClN3O4S/c30-24-10-5-4-7-21(24)19-33(29(35)25-13-12-23(37-25)20-32-14-16-36-17-15-32)27(26-11-6-18-38-26)28(34)31-22-8-2-1-3-9-22/h4-7,10-13,18,22,27H,1-3,8-9,14-17,19-20H2,(H,31,34)/t27-/m0/s1. The van der Waals surface area contributed by atoms with E-state index in [1.807, 2.05) is 41.8 Å². The quantitative estimate of drug-likeness (QED) is 0.369. The Labute approximate surface area is 232 Å². The number of hydrogen-bond donors (Lipinski definition) is 1. The van der Waals surface area contributed by atoms with Gasteiger partial charge in [-0.05, 0) is 48.1 Å². The van der Waals surface area contributed by atoms with E-state index in [0.29, 0.717) is 30.5 Å². The molecule has 3 heterocycles. The summed E-state index contributed by atoms with van der Waals surface area (Å²) in [7, 11) is 0. The van der Waals surface area contributed by atoms with Crippen LogP contribution in [0.1, 0.15) is 64.9 Å². The zero-order valence-corrected chi connectivity index (χ0v) is 23.0. The molecule has 0 spiro atoms. The van der Waals surface area contributed by atoms with Crippen molar-refractivity contribution in [1.29, 1.82) is 0 Å². The highest BCUT2D eigenvalue weighted by atomic mass is 35.5. The van der Waals surface area contributed by atoms with Crippen molar-refractivity contribution in [2.24, 2.45) is 0 Å². The van der Waals surface area contributed by atoms with Gasteiger partial charge in [-0.1, -0.05) is 55.1 Å². The van der Waals surface area contributed by atoms with Gasteiger partial charge < -0.3 is 19.4 Å². The first-order valence-corrected chi connectivity index (χ1v) is 14.6. The van der Waals surface area contributed by atoms with Crippen LogP contribution in [0.5, 0.6) is 0 Å². The highest BCUT2D eigenvalue weighted by molar-refractivity contribution is 7.10. The predicted molar refractivity (Wildman–Crippen MR) is 148 cm³/mol. The molecule has 1 atom stereocenters. The molecule has 3 aromatic rings. The molecule has 2 fully saturated rings. The van der Waals surface area contributed by atoms with Crippen LogP contribution in [0.3, 0.4) is 0 Å². The number of ether oxygens (including phenoxy) is 1. The molecule has 2 amide bonds. The third kappa shape index (κ3) is 6.67. The zero-order valence-electron chi connectivity index (χ0n) is 21.4. The molecule has 7 nitrogen and oxygen atoms in total. The summed E-state index contributed by atoms with van der Waals surface area (Å²) >= 11 is 7.99. The molecular weight excluding hydrogens is 522 g/mol. The van der Waals surface area contributed by atoms with Gasteiger partial charge in [-0.3, -0.25) is 14.5 Å². The third-order valence-corrected chi connectivity index (χ3v) is 8.53. The minimum atomic E-state index is -0.798. The molecule has 1 saturated heterocycles. The number of halogens is 1. The van der Waals surface area contributed by atoms with Gasteiger partial charge >= 0.3 is 0 Å². The van der Waals surface area contributed by atoms with Crippen LogP contribution in [-0.4, -0.2) is 54.0 Å². The fourth-order valence-electron chi connectivity index (χ4n) is 5.19. The number of nitrogens with one attached hydrogen (secondary N) is 1. The van der Waals surface area contributed by atoms with Crippen molar-refractivity contribution in [3.8, 4) is 0 Å². The van der Waals surface area contributed by atoms with Crippen LogP contribution in [0, 0.1) is 0 Å². The van der Waals surface area contributed by atoms with Crippen LogP contribution in [0.2, 0.25) is 5.02 Å². The van der Waals surface area contributed by atoms with Crippen LogP contribution in [0.15, 0.2) is 58.3 Å². The van der Waals surface area contributed by atoms with E-state index in [4.69, 9.17) is 20.8 Å². The molecule has 0 radical (unpaired) electrons. The SMILES string of the molecule is O=C(NC1CCCCC1)[C@H](c1cccs1)N(Cc1ccccc1Cl)C(=O)c1ccc(CN2CCOCC2)o1. The van der Waals surface area contributed by atoms with Crippen molar-refractivity contribution in [1.82, 2.24) is 15.1 Å². The van der Waals surface area contributed by atoms with E-state index in [9.17, 15) is 9.59 Å². The molecule has 1 saturated carbocycles. The van der Waals surface area contributed by atoms with E-state index >= 15 is 0 Å². The molecule has 9 heteroatoms. The molecule has 2 aromatic heterocycles. The number of nitrogens with zero attached hydrogens (tertiary/aromatic N) is 2. The molecule has 1 aliphatic carbocycles. The summed E-state index contributed by atoms with van der Waals surface area (Å²) in [6.45, 7) is 3.82. The monoisotopic (exact) mass is 555 g/mol. The minimum Gasteiger partial charge on any atom is -0.455 e. The van der Waals surface area contributed by atoms with Crippen molar-refractivity contribution in [3.05, 3.63) is 80.9 Å². The van der Waals surface area contributed by atoms with Gasteiger partial charge in [0.1, 0.15) is 11.8 Å². The van der Waals surface area contributed by atoms with E-state index in [2.05, 4.69) is 10.2 Å². The Balaban J connectivity index is 1.44. The maximum Gasteiger partial charge on any atom is 0.290 e. The Morgan fingerprint density at radius 3 is 2.58 bits per heavy atom. The topological polar surface area (TPSA) is 75.0 Å². The Morgan fingerprint density at radius 2 is 1.84 bits per heavy atom. The zero-order chi connectivity index (χ0) is 26.3. The van der Waals surface area contributed by atoms with Gasteiger partial charge in [-0.25, -0.2) is 0 Å². The summed E-state index contributed by atoms with van der Waals surface area (Å²) in [4.78, 5) is 32.6. The van der Waals surface area contributed by atoms with Crippen molar-refractivity contribution in [2.75, 3.05) is 26.3 Å². The highest BCUT2D eigenvalue weighted by Crippen LogP contribution is 2.31. The second kappa shape index (κ2) is 12.9. The summed E-state index contributed by atoms with van der Waals surface area (Å²) in [5, 5.41) is 5.73. The number of amides is 2. The summed E-state index contributed by atoms with van der Waals surface area (Å²) < 4.78 is 11.5. The smallest absolute Gasteiger partial charge is 0.290 e. The fourth-order valence-corrected chi connectivity index (χ4v) is 6.22. The van der Waals surface area contributed by atoms with Crippen molar-refractivity contribution < 1.29 is 18.7 Å². The lowest BCUT2D eigenvalue weighted by molar-refractivity contribution is -0.127. The summed E-state index contributed by atoms with van der Waals surface area (Å²) in [6.07, 6.45) is 5.34. The van der Waals surface area contributed by atoms with Crippen LogP contribution >= 0.6 is 22.9 Å². The summed E-state index contributed by atoms with van der Waals surface area (Å²) in [5.74, 6) is 0.426. The number of carbonyl (C=O) groups is 2. The number of hydrogen-bond acceptors (Lipinski definition) is 6. The van der Waals surface area contributed by atoms with Gasteiger partial charge in [0.15, 0.2) is 5.76 Å². The highest BCUT2D eigenvalue weighted by Gasteiger charge is 2.35. The first-order valence-electron chi connectivity index (χ1n) is 13.4. The van der Waals surface area contributed by atoms with Gasteiger partial charge in [-0.2, -0.15) is 0 Å². The number of benzene rings is 1. The molecule has 1 N–H and O–H groups in total. The lowest BCUT2D eigenvalue weighted by Crippen LogP contribution is -2.46. The Bertz CT molecular complexity index is 1200. The first kappa shape index (κ1) is 26.9. The second-order valence-corrected chi connectivity index (χ2v) is 11.3. The maximum absolute atomic E-state index is 14.1. The van der Waals surface area contributed by atoms with Crippen molar-refractivity contribution in [3.63, 3.8) is 0 Å². The van der Waals surface area contributed by atoms with Gasteiger partial charge in [0, 0.05) is 35.6 Å². The molecule has 5 rings (SSSR count). The lowest BCUT2D eigenvalue weighted by Gasteiger charge is -2.32. The molecule has 1 aliphatic heterocycles. The van der Waals surface area contributed by atoms with Gasteiger partial charge in [0.25, 0.3) is 5.91 Å². The Hall–Kier alpha value is -2.65. The summed E-state index contributed by atoms with van der Waals surface area (Å²) in [5.41, 5.74) is 0.773. The Kier molecular flexibility index (Phi) is 9.17. The van der Waals surface area contributed by atoms with Gasteiger partial charge in [0.05, 0.1) is 19.8 Å². The van der Waals surface area contributed by atoms with Crippen molar-refractivity contribution in [2.45, 2.75) is 57.3 Å². The van der Waals surface area contributed by atoms with E-state index in [-0.39, 0.29) is 30.2 Å². The number of carbonyl (C=O) groups excluding carboxylic acids is 2. The average Bonchev–Trinajstić information content (AvgIpc) is 3.63. The molecule has 38 heavy (non-hydrogen) atoms. The first-order chi connectivity index (χ1) is 18.6. The number of rotatable bonds is 9. The van der Waals surface area contributed by atoms with E-state index < -0.39 is 6.04 Å². The van der Waals surface area contributed by atoms with E-state index in [0.717, 1.165) is 49.2 Å². The largest absolute Gasteiger partial charge is 0.455 e. The number of thiophene rings is 1. The van der Waals surface area contributed by atoms with E-state index in [1.54, 1.807) is 17.0 Å². The molecule has 0 unspecified atom stereocenters. The van der Waals surface area contributed by atoms with Gasteiger partial charge in [-0.15, -0.1) is 11.3 Å². The molecule has 2 aliphatic rings. The van der Waals surface area contributed by atoms with Crippen LogP contribution in [-0.2, 0) is 22.6 Å². The Morgan fingerprint density at radius 1 is 1.05 bits per heavy atom. The maximum atomic E-state index is 14.1. The minimum absolute atomic E-state index is 0.125. The van der Waals surface area contributed by atoms with Gasteiger partial charge in [0.2, 0.25) is 5.91 Å². The summed E-state index contributed by atoms with van der Waals surface area (Å²) in [6, 6.07) is 14.1. The molecule has 202 valence electrons. The molecular formula is C29H34ClN3O4S. The average molecular weight is 556 g/mol. The van der Waals surface area contributed by atoms with Crippen LogP contribution < -0.4 is 5.32 Å². The normalized spacial score (nSPS) is 17.7. The van der Waals surface area contributed by atoms with Crippen LogP contribution in [0.25, 0.3) is 0 Å². The van der Waals surface area contributed by atoms with E-state index in [1.165, 1.54) is 17.8 Å². The number of morpholine rings is 1. The fraction of sp³-hybridized carbons (Fsp3) is 0.448. The third-order valence-electron chi connectivity index (χ3n) is 7.24. The number of furan rings is 1.